The molecule has 0 aromatic carbocycles. The van der Waals surface area contributed by atoms with Crippen LogP contribution in [0.5, 0.6) is 0 Å². The van der Waals surface area contributed by atoms with E-state index in [-0.39, 0.29) is 5.56 Å². The van der Waals surface area contributed by atoms with Crippen molar-refractivity contribution in [1.82, 2.24) is 9.88 Å². The van der Waals surface area contributed by atoms with Gasteiger partial charge in [-0.1, -0.05) is 12.1 Å². The van der Waals surface area contributed by atoms with E-state index in [2.05, 4.69) is 27.8 Å². The minimum Gasteiger partial charge on any atom is -0.370 e. The van der Waals surface area contributed by atoms with Gasteiger partial charge in [-0.05, 0) is 36.8 Å². The molecule has 0 aliphatic carbocycles. The van der Waals surface area contributed by atoms with Gasteiger partial charge in [0.2, 0.25) is 5.56 Å². The Kier molecular flexibility index (Phi) is 6.70. The number of nitrogens with one attached hydrogen (secondary N) is 1. The molecule has 0 unspecified atom stereocenters. The Labute approximate surface area is 134 Å². The number of aryl methyl sites for hydroxylation is 1. The smallest absolute Gasteiger partial charge is 0.250 e. The molecule has 0 fully saturated rings. The molecule has 2 heterocycles. The van der Waals surface area contributed by atoms with Crippen LogP contribution in [-0.2, 0) is 13.0 Å². The lowest BCUT2D eigenvalue weighted by molar-refractivity contribution is 0.598. The molecule has 5 nitrogen and oxygen atoms in total. The number of unbranched alkanes of at least 4 members (excludes halogenated alkanes) is 1. The second-order valence-corrected chi connectivity index (χ2v) is 5.99. The van der Waals surface area contributed by atoms with Crippen LogP contribution < -0.4 is 16.6 Å². The van der Waals surface area contributed by atoms with Crippen LogP contribution in [0.2, 0.25) is 0 Å². The molecule has 0 aliphatic heterocycles. The van der Waals surface area contributed by atoms with Crippen molar-refractivity contribution in [1.29, 1.82) is 0 Å². The van der Waals surface area contributed by atoms with E-state index in [1.165, 1.54) is 4.88 Å². The molecule has 0 atom stereocenters. The summed E-state index contributed by atoms with van der Waals surface area (Å²) < 4.78 is 1.71. The highest BCUT2D eigenvalue weighted by molar-refractivity contribution is 7.09. The Balaban J connectivity index is 1.58. The van der Waals surface area contributed by atoms with Crippen molar-refractivity contribution in [2.24, 2.45) is 10.7 Å². The Morgan fingerprint density at radius 1 is 1.27 bits per heavy atom. The summed E-state index contributed by atoms with van der Waals surface area (Å²) in [6.07, 6.45) is 4.60. The van der Waals surface area contributed by atoms with Gasteiger partial charge in [-0.2, -0.15) is 0 Å². The van der Waals surface area contributed by atoms with E-state index >= 15 is 0 Å². The van der Waals surface area contributed by atoms with Crippen LogP contribution >= 0.6 is 11.3 Å². The largest absolute Gasteiger partial charge is 0.370 e. The summed E-state index contributed by atoms with van der Waals surface area (Å²) in [4.78, 5) is 17.2. The molecular formula is C16H22N4OS. The number of hydrogen-bond donors (Lipinski definition) is 2. The van der Waals surface area contributed by atoms with Gasteiger partial charge >= 0.3 is 0 Å². The molecule has 118 valence electrons. The number of nitrogens with two attached hydrogens (primary N) is 1. The minimum absolute atomic E-state index is 0.0424. The summed E-state index contributed by atoms with van der Waals surface area (Å²) in [7, 11) is 0. The highest BCUT2D eigenvalue weighted by Crippen LogP contribution is 2.07. The van der Waals surface area contributed by atoms with E-state index in [1.807, 2.05) is 12.3 Å². The number of rotatable bonds is 8. The van der Waals surface area contributed by atoms with Gasteiger partial charge in [0, 0.05) is 36.8 Å². The van der Waals surface area contributed by atoms with Crippen molar-refractivity contribution in [2.75, 3.05) is 13.1 Å². The van der Waals surface area contributed by atoms with Crippen LogP contribution in [0.1, 0.15) is 17.7 Å². The van der Waals surface area contributed by atoms with Gasteiger partial charge in [0.05, 0.1) is 0 Å². The summed E-state index contributed by atoms with van der Waals surface area (Å²) >= 11 is 1.75. The molecule has 0 saturated carbocycles. The summed E-state index contributed by atoms with van der Waals surface area (Å²) in [6, 6.07) is 9.37. The van der Waals surface area contributed by atoms with Crippen LogP contribution in [0, 0.1) is 0 Å². The molecule has 0 spiro atoms. The summed E-state index contributed by atoms with van der Waals surface area (Å²) in [5.41, 5.74) is 5.86. The number of hydrogen-bond acceptors (Lipinski definition) is 3. The van der Waals surface area contributed by atoms with Crippen molar-refractivity contribution < 1.29 is 0 Å². The van der Waals surface area contributed by atoms with Crippen molar-refractivity contribution >= 4 is 17.3 Å². The Morgan fingerprint density at radius 2 is 2.18 bits per heavy atom. The molecule has 2 rings (SSSR count). The van der Waals surface area contributed by atoms with Gasteiger partial charge < -0.3 is 15.6 Å². The lowest BCUT2D eigenvalue weighted by Crippen LogP contribution is -2.33. The predicted octanol–water partition coefficient (Wildman–Crippen LogP) is 1.84. The van der Waals surface area contributed by atoms with E-state index < -0.39 is 0 Å². The molecule has 0 radical (unpaired) electrons. The average molecular weight is 318 g/mol. The quantitative estimate of drug-likeness (QED) is 0.443. The summed E-state index contributed by atoms with van der Waals surface area (Å²) in [6.45, 7) is 2.20. The summed E-state index contributed by atoms with van der Waals surface area (Å²) in [5, 5.41) is 5.19. The standard InChI is InChI=1S/C16H22N4OS/c17-16(19-10-8-14-6-5-13-22-14)18-9-2-4-12-20-11-3-1-7-15(20)21/h1,3,5-7,11,13H,2,4,8-10,12H2,(H3,17,18,19). The molecule has 2 aromatic heterocycles. The highest BCUT2D eigenvalue weighted by atomic mass is 32.1. The van der Waals surface area contributed by atoms with Gasteiger partial charge in [-0.25, -0.2) is 0 Å². The summed E-state index contributed by atoms with van der Waals surface area (Å²) in [5.74, 6) is 0.494. The predicted molar refractivity (Wildman–Crippen MR) is 92.5 cm³/mol. The first-order chi connectivity index (χ1) is 10.8. The molecule has 0 bridgehead atoms. The van der Waals surface area contributed by atoms with Gasteiger partial charge in [0.1, 0.15) is 0 Å². The molecular weight excluding hydrogens is 296 g/mol. The van der Waals surface area contributed by atoms with Crippen LogP contribution in [0.15, 0.2) is 51.7 Å². The van der Waals surface area contributed by atoms with Crippen molar-refractivity contribution in [3.63, 3.8) is 0 Å². The van der Waals surface area contributed by atoms with E-state index in [0.29, 0.717) is 12.5 Å². The Morgan fingerprint density at radius 3 is 2.95 bits per heavy atom. The number of guanidine groups is 1. The fourth-order valence-corrected chi connectivity index (χ4v) is 2.77. The second-order valence-electron chi connectivity index (χ2n) is 4.96. The number of aliphatic imine (C=N–C) groups is 1. The highest BCUT2D eigenvalue weighted by Gasteiger charge is 1.96. The lowest BCUT2D eigenvalue weighted by Gasteiger charge is -2.05. The van der Waals surface area contributed by atoms with E-state index in [0.717, 1.165) is 32.4 Å². The maximum atomic E-state index is 11.5. The van der Waals surface area contributed by atoms with Gasteiger partial charge in [0.25, 0.3) is 0 Å². The lowest BCUT2D eigenvalue weighted by atomic mass is 10.3. The molecule has 3 N–H and O–H groups in total. The maximum Gasteiger partial charge on any atom is 0.250 e. The molecule has 2 aromatic rings. The molecule has 0 saturated heterocycles. The first-order valence-corrected chi connectivity index (χ1v) is 8.35. The van der Waals surface area contributed by atoms with Gasteiger partial charge in [-0.3, -0.25) is 9.79 Å². The van der Waals surface area contributed by atoms with Crippen LogP contribution in [0.4, 0.5) is 0 Å². The molecule has 0 amide bonds. The van der Waals surface area contributed by atoms with E-state index in [4.69, 9.17) is 5.73 Å². The maximum absolute atomic E-state index is 11.5. The first-order valence-electron chi connectivity index (χ1n) is 7.47. The zero-order chi connectivity index (χ0) is 15.6. The number of nitrogens with zero attached hydrogens (tertiary/aromatic N) is 2. The third-order valence-corrected chi connectivity index (χ3v) is 4.18. The number of aromatic nitrogens is 1. The third kappa shape index (κ3) is 5.73. The normalized spacial score (nSPS) is 11.5. The fourth-order valence-electron chi connectivity index (χ4n) is 2.06. The minimum atomic E-state index is 0.0424. The van der Waals surface area contributed by atoms with Crippen LogP contribution in [-0.4, -0.2) is 23.6 Å². The monoisotopic (exact) mass is 318 g/mol. The van der Waals surface area contributed by atoms with Gasteiger partial charge in [-0.15, -0.1) is 11.3 Å². The second kappa shape index (κ2) is 9.04. The van der Waals surface area contributed by atoms with Crippen molar-refractivity contribution in [3.8, 4) is 0 Å². The van der Waals surface area contributed by atoms with Crippen LogP contribution in [0.3, 0.4) is 0 Å². The Bertz CT molecular complexity index is 634. The number of pyridine rings is 1. The van der Waals surface area contributed by atoms with Crippen molar-refractivity contribution in [2.45, 2.75) is 25.8 Å². The average Bonchev–Trinajstić information content (AvgIpc) is 3.02. The van der Waals surface area contributed by atoms with Crippen molar-refractivity contribution in [3.05, 3.63) is 57.1 Å². The Hall–Kier alpha value is -2.08. The molecule has 6 heteroatoms. The van der Waals surface area contributed by atoms with Gasteiger partial charge in [0.15, 0.2) is 5.96 Å². The van der Waals surface area contributed by atoms with E-state index in [9.17, 15) is 4.79 Å². The zero-order valence-corrected chi connectivity index (χ0v) is 13.4. The third-order valence-electron chi connectivity index (χ3n) is 3.25. The first kappa shape index (κ1) is 16.3. The number of thiophene rings is 1. The zero-order valence-electron chi connectivity index (χ0n) is 12.6. The topological polar surface area (TPSA) is 72.4 Å². The fraction of sp³-hybridized carbons (Fsp3) is 0.375. The van der Waals surface area contributed by atoms with Crippen LogP contribution in [0.25, 0.3) is 0 Å². The SMILES string of the molecule is NC(=NCCCCn1ccccc1=O)NCCc1cccs1. The molecule has 22 heavy (non-hydrogen) atoms. The molecule has 0 aliphatic rings. The van der Waals surface area contributed by atoms with E-state index in [1.54, 1.807) is 28.0 Å².